The largest absolute Gasteiger partial charge is 0.454 e. The summed E-state index contributed by atoms with van der Waals surface area (Å²) < 4.78 is 10.7. The summed E-state index contributed by atoms with van der Waals surface area (Å²) in [5.41, 5.74) is 1.77. The second-order valence-electron chi connectivity index (χ2n) is 7.65. The summed E-state index contributed by atoms with van der Waals surface area (Å²) in [7, 11) is 0. The van der Waals surface area contributed by atoms with Gasteiger partial charge in [0.2, 0.25) is 18.6 Å². The monoisotopic (exact) mass is 380 g/mol. The number of fused-ring (bicyclic) bond motifs is 1. The third-order valence-electron chi connectivity index (χ3n) is 5.34. The second-order valence-corrected chi connectivity index (χ2v) is 7.65. The molecule has 2 aromatic rings. The molecule has 2 N–H and O–H groups in total. The molecule has 4 rings (SSSR count). The molecule has 6 heteroatoms. The van der Waals surface area contributed by atoms with Crippen molar-refractivity contribution in [2.45, 2.75) is 39.2 Å². The number of carbonyl (C=O) groups excluding carboxylic acids is 2. The van der Waals surface area contributed by atoms with Gasteiger partial charge in [0.05, 0.1) is 0 Å². The van der Waals surface area contributed by atoms with Crippen LogP contribution in [-0.2, 0) is 16.1 Å². The molecule has 146 valence electrons. The molecule has 0 atom stereocenters. The van der Waals surface area contributed by atoms with Crippen LogP contribution in [0.4, 0.5) is 5.69 Å². The Morgan fingerprint density at radius 3 is 2.54 bits per heavy atom. The zero-order valence-electron chi connectivity index (χ0n) is 16.1. The van der Waals surface area contributed by atoms with Gasteiger partial charge in [-0.15, -0.1) is 0 Å². The number of nitrogens with one attached hydrogen (secondary N) is 2. The molecule has 0 radical (unpaired) electrons. The topological polar surface area (TPSA) is 76.7 Å². The van der Waals surface area contributed by atoms with Gasteiger partial charge in [-0.3, -0.25) is 9.59 Å². The normalized spacial score (nSPS) is 16.0. The number of hydrogen-bond acceptors (Lipinski definition) is 4. The summed E-state index contributed by atoms with van der Waals surface area (Å²) in [4.78, 5) is 25.6. The Bertz CT molecular complexity index is 919. The molecule has 0 saturated heterocycles. The third kappa shape index (κ3) is 3.42. The summed E-state index contributed by atoms with van der Waals surface area (Å²) in [6.45, 7) is 4.71. The first-order valence-corrected chi connectivity index (χ1v) is 9.57. The van der Waals surface area contributed by atoms with Crippen molar-refractivity contribution in [1.29, 1.82) is 0 Å². The summed E-state index contributed by atoms with van der Waals surface area (Å²) in [6.07, 6.45) is 1.13. The molecule has 1 heterocycles. The molecule has 2 aliphatic rings. The van der Waals surface area contributed by atoms with E-state index in [0.717, 1.165) is 16.8 Å². The standard InChI is InChI=1S/C22H24N2O4/c1-14(2)16-5-3-4-6-17(16)24-21(26)22(9-10-22)20(25)23-12-15-7-8-18-19(11-15)28-13-27-18/h3-8,11,14H,9-10,12-13H2,1-2H3,(H,23,25)(H,24,26). The van der Waals surface area contributed by atoms with Gasteiger partial charge in [-0.2, -0.15) is 0 Å². The average Bonchev–Trinajstić information content (AvgIpc) is 3.38. The summed E-state index contributed by atoms with van der Waals surface area (Å²) in [5, 5.41) is 5.87. The molecule has 0 spiro atoms. The Hall–Kier alpha value is -3.02. The molecule has 1 aliphatic carbocycles. The first-order valence-electron chi connectivity index (χ1n) is 9.57. The fourth-order valence-electron chi connectivity index (χ4n) is 3.44. The van der Waals surface area contributed by atoms with E-state index in [1.54, 1.807) is 0 Å². The highest BCUT2D eigenvalue weighted by Gasteiger charge is 2.56. The molecule has 0 aromatic heterocycles. The van der Waals surface area contributed by atoms with Gasteiger partial charge in [0, 0.05) is 12.2 Å². The predicted octanol–water partition coefficient (Wildman–Crippen LogP) is 3.57. The van der Waals surface area contributed by atoms with E-state index >= 15 is 0 Å². The molecule has 2 aromatic carbocycles. The first kappa shape index (κ1) is 18.3. The SMILES string of the molecule is CC(C)c1ccccc1NC(=O)C1(C(=O)NCc2ccc3c(c2)OCO3)CC1. The molecular weight excluding hydrogens is 356 g/mol. The van der Waals surface area contributed by atoms with Crippen molar-refractivity contribution in [3.05, 3.63) is 53.6 Å². The van der Waals surface area contributed by atoms with E-state index < -0.39 is 5.41 Å². The van der Waals surface area contributed by atoms with Crippen molar-refractivity contribution >= 4 is 17.5 Å². The highest BCUT2D eigenvalue weighted by atomic mass is 16.7. The average molecular weight is 380 g/mol. The van der Waals surface area contributed by atoms with Crippen LogP contribution >= 0.6 is 0 Å². The van der Waals surface area contributed by atoms with Crippen LogP contribution < -0.4 is 20.1 Å². The van der Waals surface area contributed by atoms with Gasteiger partial charge >= 0.3 is 0 Å². The number of rotatable bonds is 6. The molecular formula is C22H24N2O4. The number of amides is 2. The van der Waals surface area contributed by atoms with Crippen LogP contribution in [0.1, 0.15) is 43.7 Å². The van der Waals surface area contributed by atoms with Gasteiger partial charge in [-0.1, -0.05) is 38.1 Å². The van der Waals surface area contributed by atoms with Crippen molar-refractivity contribution in [2.24, 2.45) is 5.41 Å². The lowest BCUT2D eigenvalue weighted by molar-refractivity contribution is -0.134. The van der Waals surface area contributed by atoms with Crippen molar-refractivity contribution in [2.75, 3.05) is 12.1 Å². The van der Waals surface area contributed by atoms with Gasteiger partial charge in [-0.05, 0) is 48.1 Å². The van der Waals surface area contributed by atoms with Crippen LogP contribution in [0.25, 0.3) is 0 Å². The van der Waals surface area contributed by atoms with Crippen molar-refractivity contribution in [1.82, 2.24) is 5.32 Å². The number of ether oxygens (including phenoxy) is 2. The van der Waals surface area contributed by atoms with Crippen LogP contribution in [0.3, 0.4) is 0 Å². The molecule has 1 saturated carbocycles. The molecule has 1 aliphatic heterocycles. The van der Waals surface area contributed by atoms with E-state index in [4.69, 9.17) is 9.47 Å². The van der Waals surface area contributed by atoms with Gasteiger partial charge in [0.15, 0.2) is 11.5 Å². The van der Waals surface area contributed by atoms with Crippen molar-refractivity contribution in [3.63, 3.8) is 0 Å². The minimum Gasteiger partial charge on any atom is -0.454 e. The van der Waals surface area contributed by atoms with E-state index in [1.807, 2.05) is 42.5 Å². The number of para-hydroxylation sites is 1. The third-order valence-corrected chi connectivity index (χ3v) is 5.34. The highest BCUT2D eigenvalue weighted by molar-refractivity contribution is 6.13. The minimum atomic E-state index is -0.972. The Balaban J connectivity index is 1.41. The highest BCUT2D eigenvalue weighted by Crippen LogP contribution is 2.47. The fraction of sp³-hybridized carbons (Fsp3) is 0.364. The Labute approximate surface area is 164 Å². The zero-order chi connectivity index (χ0) is 19.7. The summed E-state index contributed by atoms with van der Waals surface area (Å²) in [6, 6.07) is 13.3. The Morgan fingerprint density at radius 2 is 1.79 bits per heavy atom. The molecule has 28 heavy (non-hydrogen) atoms. The lowest BCUT2D eigenvalue weighted by Crippen LogP contribution is -2.39. The van der Waals surface area contributed by atoms with E-state index in [0.29, 0.717) is 30.9 Å². The molecule has 2 amide bonds. The van der Waals surface area contributed by atoms with Crippen LogP contribution in [0.5, 0.6) is 11.5 Å². The van der Waals surface area contributed by atoms with Crippen LogP contribution in [0.2, 0.25) is 0 Å². The van der Waals surface area contributed by atoms with Gasteiger partial charge in [0.1, 0.15) is 5.41 Å². The maximum atomic E-state index is 12.9. The van der Waals surface area contributed by atoms with E-state index in [9.17, 15) is 9.59 Å². The lowest BCUT2D eigenvalue weighted by Gasteiger charge is -2.18. The van der Waals surface area contributed by atoms with Crippen LogP contribution in [0, 0.1) is 5.41 Å². The molecule has 0 unspecified atom stereocenters. The van der Waals surface area contributed by atoms with E-state index in [1.165, 1.54) is 0 Å². The molecule has 6 nitrogen and oxygen atoms in total. The maximum Gasteiger partial charge on any atom is 0.240 e. The summed E-state index contributed by atoms with van der Waals surface area (Å²) >= 11 is 0. The number of anilines is 1. The maximum absolute atomic E-state index is 12.9. The fourth-order valence-corrected chi connectivity index (χ4v) is 3.44. The van der Waals surface area contributed by atoms with Crippen molar-refractivity contribution < 1.29 is 19.1 Å². The predicted molar refractivity (Wildman–Crippen MR) is 105 cm³/mol. The summed E-state index contributed by atoms with van der Waals surface area (Å²) in [5.74, 6) is 1.20. The van der Waals surface area contributed by atoms with Gasteiger partial charge in [-0.25, -0.2) is 0 Å². The number of carbonyl (C=O) groups is 2. The quantitative estimate of drug-likeness (QED) is 0.751. The molecule has 1 fully saturated rings. The number of benzene rings is 2. The smallest absolute Gasteiger partial charge is 0.240 e. The minimum absolute atomic E-state index is 0.215. The Morgan fingerprint density at radius 1 is 1.04 bits per heavy atom. The number of hydrogen-bond donors (Lipinski definition) is 2. The molecule has 0 bridgehead atoms. The van der Waals surface area contributed by atoms with E-state index in [-0.39, 0.29) is 24.5 Å². The van der Waals surface area contributed by atoms with Crippen LogP contribution in [0.15, 0.2) is 42.5 Å². The zero-order valence-corrected chi connectivity index (χ0v) is 16.1. The van der Waals surface area contributed by atoms with Crippen LogP contribution in [-0.4, -0.2) is 18.6 Å². The van der Waals surface area contributed by atoms with Crippen molar-refractivity contribution in [3.8, 4) is 11.5 Å². The Kier molecular flexibility index (Phi) is 4.71. The van der Waals surface area contributed by atoms with Gasteiger partial charge < -0.3 is 20.1 Å². The van der Waals surface area contributed by atoms with Gasteiger partial charge in [0.25, 0.3) is 0 Å². The van der Waals surface area contributed by atoms with E-state index in [2.05, 4.69) is 24.5 Å². The second kappa shape index (κ2) is 7.19. The first-order chi connectivity index (χ1) is 13.5. The lowest BCUT2D eigenvalue weighted by atomic mass is 9.99.